The Hall–Kier alpha value is -1.32. The van der Waals surface area contributed by atoms with Crippen LogP contribution in [0.3, 0.4) is 0 Å². The van der Waals surface area contributed by atoms with Crippen molar-refractivity contribution in [3.8, 4) is 5.75 Å². The highest BCUT2D eigenvalue weighted by Gasteiger charge is 2.21. The number of hydrogen-bond donors (Lipinski definition) is 1. The van der Waals surface area contributed by atoms with Crippen LogP contribution in [-0.4, -0.2) is 6.04 Å². The molecular weight excluding hydrogens is 254 g/mol. The van der Waals surface area contributed by atoms with E-state index in [4.69, 9.17) is 10.5 Å². The molecule has 0 saturated carbocycles. The maximum Gasteiger partial charge on any atom is 0.140 e. The summed E-state index contributed by atoms with van der Waals surface area (Å²) >= 11 is 1.68. The van der Waals surface area contributed by atoms with Gasteiger partial charge in [0.2, 0.25) is 0 Å². The Morgan fingerprint density at radius 2 is 2.00 bits per heavy atom. The molecule has 102 valence electrons. The van der Waals surface area contributed by atoms with E-state index >= 15 is 0 Å². The fourth-order valence-corrected chi connectivity index (χ4v) is 2.67. The molecule has 2 rings (SSSR count). The number of nitrogens with two attached hydrogens (primary N) is 1. The lowest BCUT2D eigenvalue weighted by Crippen LogP contribution is -2.31. The number of aryl methyl sites for hydroxylation is 2. The van der Waals surface area contributed by atoms with Crippen molar-refractivity contribution in [3.05, 3.63) is 51.7 Å². The first-order valence-electron chi connectivity index (χ1n) is 6.63. The van der Waals surface area contributed by atoms with Crippen molar-refractivity contribution in [2.75, 3.05) is 0 Å². The average molecular weight is 275 g/mol. The summed E-state index contributed by atoms with van der Waals surface area (Å²) in [5, 5.41) is 4.18. The summed E-state index contributed by atoms with van der Waals surface area (Å²) in [5.41, 5.74) is 9.89. The summed E-state index contributed by atoms with van der Waals surface area (Å²) in [6.07, 6.45) is 0.823. The minimum atomic E-state index is -0.0710. The summed E-state index contributed by atoms with van der Waals surface area (Å²) in [4.78, 5) is 0. The van der Waals surface area contributed by atoms with Gasteiger partial charge >= 0.3 is 0 Å². The van der Waals surface area contributed by atoms with E-state index in [2.05, 4.69) is 49.7 Å². The summed E-state index contributed by atoms with van der Waals surface area (Å²) in [7, 11) is 0. The van der Waals surface area contributed by atoms with Crippen LogP contribution in [0, 0.1) is 13.8 Å². The van der Waals surface area contributed by atoms with E-state index < -0.39 is 0 Å². The van der Waals surface area contributed by atoms with Crippen LogP contribution in [0.2, 0.25) is 0 Å². The van der Waals surface area contributed by atoms with Gasteiger partial charge in [0.15, 0.2) is 0 Å². The Balaban J connectivity index is 2.23. The van der Waals surface area contributed by atoms with Crippen molar-refractivity contribution in [1.29, 1.82) is 0 Å². The highest BCUT2D eigenvalue weighted by atomic mass is 32.1. The Labute approximate surface area is 119 Å². The molecule has 0 bridgehead atoms. The summed E-state index contributed by atoms with van der Waals surface area (Å²) in [5.74, 6) is 0.892. The first kappa shape index (κ1) is 14.1. The molecule has 19 heavy (non-hydrogen) atoms. The number of hydrogen-bond acceptors (Lipinski definition) is 3. The molecular formula is C16H21NOS. The first-order chi connectivity index (χ1) is 9.11. The van der Waals surface area contributed by atoms with Crippen molar-refractivity contribution in [3.63, 3.8) is 0 Å². The van der Waals surface area contributed by atoms with Crippen LogP contribution in [0.1, 0.15) is 36.1 Å². The number of thiophene rings is 1. The van der Waals surface area contributed by atoms with E-state index in [0.29, 0.717) is 0 Å². The second-order valence-electron chi connectivity index (χ2n) is 4.91. The second kappa shape index (κ2) is 6.22. The largest absolute Gasteiger partial charge is 0.484 e. The molecule has 1 heterocycles. The molecule has 0 radical (unpaired) electrons. The van der Waals surface area contributed by atoms with Gasteiger partial charge in [0.05, 0.1) is 0 Å². The summed E-state index contributed by atoms with van der Waals surface area (Å²) in [6.45, 7) is 6.29. The Morgan fingerprint density at radius 3 is 2.58 bits per heavy atom. The third kappa shape index (κ3) is 3.37. The molecule has 0 aliphatic rings. The van der Waals surface area contributed by atoms with E-state index in [0.717, 1.165) is 17.7 Å². The number of ether oxygens (including phenoxy) is 1. The zero-order chi connectivity index (χ0) is 13.8. The van der Waals surface area contributed by atoms with Crippen molar-refractivity contribution < 1.29 is 4.74 Å². The van der Waals surface area contributed by atoms with Crippen molar-refractivity contribution >= 4 is 11.3 Å². The molecule has 1 aromatic heterocycles. The van der Waals surface area contributed by atoms with E-state index in [1.165, 1.54) is 11.1 Å². The molecule has 1 aromatic carbocycles. The minimum Gasteiger partial charge on any atom is -0.484 e. The molecule has 2 N–H and O–H groups in total. The first-order valence-corrected chi connectivity index (χ1v) is 7.57. The molecule has 2 unspecified atom stereocenters. The van der Waals surface area contributed by atoms with Crippen LogP contribution in [0.25, 0.3) is 0 Å². The normalized spacial score (nSPS) is 14.1. The fraction of sp³-hybridized carbons (Fsp3) is 0.375. The average Bonchev–Trinajstić information content (AvgIpc) is 2.93. The lowest BCUT2D eigenvalue weighted by Gasteiger charge is -2.24. The van der Waals surface area contributed by atoms with Gasteiger partial charge in [0.1, 0.15) is 11.9 Å². The van der Waals surface area contributed by atoms with Gasteiger partial charge in [-0.05, 0) is 60.4 Å². The Bertz CT molecular complexity index is 522. The monoisotopic (exact) mass is 275 g/mol. The smallest absolute Gasteiger partial charge is 0.140 e. The lowest BCUT2D eigenvalue weighted by molar-refractivity contribution is 0.171. The van der Waals surface area contributed by atoms with Gasteiger partial charge in [0, 0.05) is 11.6 Å². The lowest BCUT2D eigenvalue weighted by atomic mass is 10.0. The van der Waals surface area contributed by atoms with Crippen molar-refractivity contribution in [1.82, 2.24) is 0 Å². The topological polar surface area (TPSA) is 35.2 Å². The fourth-order valence-electron chi connectivity index (χ4n) is 1.99. The van der Waals surface area contributed by atoms with Crippen molar-refractivity contribution in [2.24, 2.45) is 5.73 Å². The van der Waals surface area contributed by atoms with Crippen molar-refractivity contribution in [2.45, 2.75) is 39.3 Å². The highest BCUT2D eigenvalue weighted by Crippen LogP contribution is 2.28. The van der Waals surface area contributed by atoms with E-state index in [1.807, 2.05) is 6.07 Å². The molecule has 0 spiro atoms. The van der Waals surface area contributed by atoms with E-state index in [-0.39, 0.29) is 12.1 Å². The summed E-state index contributed by atoms with van der Waals surface area (Å²) < 4.78 is 6.13. The van der Waals surface area contributed by atoms with Gasteiger partial charge in [-0.15, -0.1) is 0 Å². The van der Waals surface area contributed by atoms with Crippen LogP contribution < -0.4 is 10.5 Å². The van der Waals surface area contributed by atoms with Crippen LogP contribution in [0.15, 0.2) is 35.0 Å². The maximum atomic E-state index is 6.20. The second-order valence-corrected chi connectivity index (χ2v) is 5.69. The molecule has 2 nitrogen and oxygen atoms in total. The van der Waals surface area contributed by atoms with E-state index in [1.54, 1.807) is 11.3 Å². The van der Waals surface area contributed by atoms with Gasteiger partial charge in [-0.2, -0.15) is 11.3 Å². The van der Waals surface area contributed by atoms with E-state index in [9.17, 15) is 0 Å². The van der Waals surface area contributed by atoms with Gasteiger partial charge in [-0.25, -0.2) is 0 Å². The van der Waals surface area contributed by atoms with Crippen LogP contribution in [0.5, 0.6) is 5.75 Å². The van der Waals surface area contributed by atoms with Gasteiger partial charge in [-0.3, -0.25) is 0 Å². The van der Waals surface area contributed by atoms with Gasteiger partial charge < -0.3 is 10.5 Å². The Kier molecular flexibility index (Phi) is 4.61. The minimum absolute atomic E-state index is 0.0104. The maximum absolute atomic E-state index is 6.20. The van der Waals surface area contributed by atoms with Crippen LogP contribution >= 0.6 is 11.3 Å². The zero-order valence-electron chi connectivity index (χ0n) is 11.7. The molecule has 0 aliphatic heterocycles. The van der Waals surface area contributed by atoms with Gasteiger partial charge in [0.25, 0.3) is 0 Å². The van der Waals surface area contributed by atoms with Gasteiger partial charge in [-0.1, -0.05) is 13.0 Å². The molecule has 0 aliphatic carbocycles. The quantitative estimate of drug-likeness (QED) is 0.886. The zero-order valence-corrected chi connectivity index (χ0v) is 12.5. The summed E-state index contributed by atoms with van der Waals surface area (Å²) in [6, 6.07) is 8.29. The molecule has 0 saturated heterocycles. The molecule has 3 heteroatoms. The highest BCUT2D eigenvalue weighted by molar-refractivity contribution is 7.07. The molecule has 0 amide bonds. The molecule has 0 fully saturated rings. The Morgan fingerprint density at radius 1 is 1.21 bits per heavy atom. The third-order valence-electron chi connectivity index (χ3n) is 3.47. The van der Waals surface area contributed by atoms with Crippen LogP contribution in [-0.2, 0) is 0 Å². The number of benzene rings is 1. The SMILES string of the molecule is CCC(N)C(Oc1ccc(C)c(C)c1)c1ccsc1. The number of rotatable bonds is 5. The standard InChI is InChI=1S/C16H21NOS/c1-4-15(17)16(13-7-8-19-10-13)18-14-6-5-11(2)12(3)9-14/h5-10,15-16H,4,17H2,1-3H3. The molecule has 2 aromatic rings. The molecule has 2 atom stereocenters. The predicted octanol–water partition coefficient (Wildman–Crippen LogP) is 4.22. The third-order valence-corrected chi connectivity index (χ3v) is 4.17. The van der Waals surface area contributed by atoms with Crippen LogP contribution in [0.4, 0.5) is 0 Å². The predicted molar refractivity (Wildman–Crippen MR) is 81.9 cm³/mol.